The molecular weight excluding hydrogens is 412 g/mol. The van der Waals surface area contributed by atoms with Crippen molar-refractivity contribution in [3.8, 4) is 23.1 Å². The number of hydrogen-bond acceptors (Lipinski definition) is 6. The third-order valence-corrected chi connectivity index (χ3v) is 5.90. The first-order chi connectivity index (χ1) is 15.5. The van der Waals surface area contributed by atoms with E-state index in [1.807, 2.05) is 18.2 Å². The van der Waals surface area contributed by atoms with Gasteiger partial charge in [-0.05, 0) is 54.4 Å². The van der Waals surface area contributed by atoms with Crippen molar-refractivity contribution in [1.29, 1.82) is 0 Å². The molecule has 1 atom stereocenters. The summed E-state index contributed by atoms with van der Waals surface area (Å²) in [6.07, 6.45) is 0.746. The fourth-order valence-electron chi connectivity index (χ4n) is 4.35. The van der Waals surface area contributed by atoms with Gasteiger partial charge in [-0.15, -0.1) is 0 Å². The summed E-state index contributed by atoms with van der Waals surface area (Å²) in [7, 11) is 3.16. The van der Waals surface area contributed by atoms with Crippen LogP contribution >= 0.6 is 0 Å². The van der Waals surface area contributed by atoms with E-state index in [1.54, 1.807) is 38.5 Å². The SMILES string of the molecule is COc1ccc(-n2c(O)c(C3NCCc4c3[nH]c3ccc(OC)cc43)c(=O)[nH]c2=O)cc1. The molecule has 0 fully saturated rings. The van der Waals surface area contributed by atoms with Crippen molar-refractivity contribution >= 4 is 10.9 Å². The molecule has 0 saturated carbocycles. The minimum atomic E-state index is -0.723. The zero-order valence-electron chi connectivity index (χ0n) is 17.6. The number of nitrogens with zero attached hydrogens (tertiary/aromatic N) is 1. The second-order valence-electron chi connectivity index (χ2n) is 7.60. The lowest BCUT2D eigenvalue weighted by Gasteiger charge is -2.25. The zero-order valence-corrected chi connectivity index (χ0v) is 17.6. The van der Waals surface area contributed by atoms with E-state index in [1.165, 1.54) is 0 Å². The van der Waals surface area contributed by atoms with Crippen molar-refractivity contribution in [1.82, 2.24) is 19.9 Å². The predicted molar refractivity (Wildman–Crippen MR) is 119 cm³/mol. The van der Waals surface area contributed by atoms with E-state index in [0.717, 1.165) is 38.9 Å². The standard InChI is InChI=1S/C23H22N4O5/c1-31-13-5-3-12(4-6-13)27-22(29)18(21(28)26-23(27)30)20-19-15(9-10-24-20)16-11-14(32-2)7-8-17(16)25-19/h3-8,11,20,24-25,29H,9-10H2,1-2H3,(H,26,28,30). The van der Waals surface area contributed by atoms with Crippen LogP contribution in [0.25, 0.3) is 16.6 Å². The Hall–Kier alpha value is -3.98. The van der Waals surface area contributed by atoms with Crippen molar-refractivity contribution in [2.24, 2.45) is 0 Å². The van der Waals surface area contributed by atoms with Crippen LogP contribution in [-0.2, 0) is 6.42 Å². The average molecular weight is 434 g/mol. The van der Waals surface area contributed by atoms with Gasteiger partial charge < -0.3 is 24.9 Å². The van der Waals surface area contributed by atoms with Crippen LogP contribution in [0, 0.1) is 0 Å². The molecule has 0 bridgehead atoms. The molecule has 4 aromatic rings. The summed E-state index contributed by atoms with van der Waals surface area (Å²) in [6.45, 7) is 0.600. The number of fused-ring (bicyclic) bond motifs is 3. The van der Waals surface area contributed by atoms with Crippen LogP contribution < -0.4 is 26.0 Å². The Morgan fingerprint density at radius 2 is 1.72 bits per heavy atom. The molecule has 0 aliphatic carbocycles. The van der Waals surface area contributed by atoms with Crippen LogP contribution in [0.5, 0.6) is 17.4 Å². The quantitative estimate of drug-likeness (QED) is 0.390. The molecule has 2 aromatic heterocycles. The van der Waals surface area contributed by atoms with E-state index in [4.69, 9.17) is 9.47 Å². The Balaban J connectivity index is 1.69. The van der Waals surface area contributed by atoms with Crippen molar-refractivity contribution in [2.75, 3.05) is 20.8 Å². The number of nitrogens with one attached hydrogen (secondary N) is 3. The number of benzene rings is 2. The molecule has 5 rings (SSSR count). The van der Waals surface area contributed by atoms with Gasteiger partial charge >= 0.3 is 5.69 Å². The minimum Gasteiger partial charge on any atom is -0.497 e. The van der Waals surface area contributed by atoms with Crippen LogP contribution in [0.15, 0.2) is 52.1 Å². The fourth-order valence-corrected chi connectivity index (χ4v) is 4.35. The van der Waals surface area contributed by atoms with Crippen LogP contribution in [0.4, 0.5) is 0 Å². The molecule has 1 aliphatic heterocycles. The number of aromatic nitrogens is 3. The lowest BCUT2D eigenvalue weighted by Crippen LogP contribution is -2.38. The number of hydrogen-bond donors (Lipinski definition) is 4. The first-order valence-electron chi connectivity index (χ1n) is 10.2. The van der Waals surface area contributed by atoms with E-state index in [0.29, 0.717) is 18.0 Å². The smallest absolute Gasteiger partial charge is 0.335 e. The molecule has 1 aliphatic rings. The monoisotopic (exact) mass is 434 g/mol. The normalized spacial score (nSPS) is 15.5. The van der Waals surface area contributed by atoms with Gasteiger partial charge in [0.25, 0.3) is 5.56 Å². The Kier molecular flexibility index (Phi) is 4.75. The Bertz CT molecular complexity index is 1430. The molecule has 2 aromatic carbocycles. The van der Waals surface area contributed by atoms with Gasteiger partial charge in [0.2, 0.25) is 5.88 Å². The van der Waals surface area contributed by atoms with Crippen LogP contribution in [0.3, 0.4) is 0 Å². The van der Waals surface area contributed by atoms with E-state index in [9.17, 15) is 14.7 Å². The van der Waals surface area contributed by atoms with Gasteiger partial charge in [-0.1, -0.05) is 0 Å². The third kappa shape index (κ3) is 3.05. The maximum absolute atomic E-state index is 12.8. The summed E-state index contributed by atoms with van der Waals surface area (Å²) in [5, 5.41) is 15.4. The largest absolute Gasteiger partial charge is 0.497 e. The van der Waals surface area contributed by atoms with Gasteiger partial charge in [0.1, 0.15) is 17.1 Å². The van der Waals surface area contributed by atoms with Crippen LogP contribution in [-0.4, -0.2) is 40.4 Å². The molecular formula is C23H22N4O5. The summed E-state index contributed by atoms with van der Waals surface area (Å²) in [4.78, 5) is 31.1. The maximum Gasteiger partial charge on any atom is 0.335 e. The minimum absolute atomic E-state index is 0.0693. The summed E-state index contributed by atoms with van der Waals surface area (Å²) < 4.78 is 11.6. The third-order valence-electron chi connectivity index (χ3n) is 5.90. The summed E-state index contributed by atoms with van der Waals surface area (Å²) >= 11 is 0. The second kappa shape index (κ2) is 7.61. The molecule has 0 spiro atoms. The summed E-state index contributed by atoms with van der Waals surface area (Å²) in [6, 6.07) is 11.7. The van der Waals surface area contributed by atoms with Gasteiger partial charge in [0.15, 0.2) is 0 Å². The zero-order chi connectivity index (χ0) is 22.4. The molecule has 164 valence electrons. The first kappa shape index (κ1) is 20.0. The number of ether oxygens (including phenoxy) is 2. The van der Waals surface area contributed by atoms with Crippen molar-refractivity contribution in [3.63, 3.8) is 0 Å². The summed E-state index contributed by atoms with van der Waals surface area (Å²) in [5.74, 6) is 0.937. The van der Waals surface area contributed by atoms with Crippen molar-refractivity contribution in [2.45, 2.75) is 12.5 Å². The van der Waals surface area contributed by atoms with Gasteiger partial charge in [-0.3, -0.25) is 9.78 Å². The van der Waals surface area contributed by atoms with Gasteiger partial charge in [0.05, 0.1) is 25.9 Å². The molecule has 0 amide bonds. The molecule has 9 nitrogen and oxygen atoms in total. The molecule has 9 heteroatoms. The van der Waals surface area contributed by atoms with Crippen molar-refractivity contribution in [3.05, 3.63) is 80.1 Å². The van der Waals surface area contributed by atoms with Crippen LogP contribution in [0.2, 0.25) is 0 Å². The molecule has 0 radical (unpaired) electrons. The lowest BCUT2D eigenvalue weighted by molar-refractivity contribution is 0.408. The second-order valence-corrected chi connectivity index (χ2v) is 7.60. The number of rotatable bonds is 4. The van der Waals surface area contributed by atoms with E-state index < -0.39 is 23.2 Å². The summed E-state index contributed by atoms with van der Waals surface area (Å²) in [5.41, 5.74) is 1.84. The van der Waals surface area contributed by atoms with E-state index in [-0.39, 0.29) is 5.56 Å². The fraction of sp³-hybridized carbons (Fsp3) is 0.217. The number of H-pyrrole nitrogens is 2. The highest BCUT2D eigenvalue weighted by molar-refractivity contribution is 5.86. The van der Waals surface area contributed by atoms with E-state index in [2.05, 4.69) is 15.3 Å². The Labute approximate surface area is 182 Å². The molecule has 32 heavy (non-hydrogen) atoms. The Morgan fingerprint density at radius 1 is 1.00 bits per heavy atom. The maximum atomic E-state index is 12.8. The highest BCUT2D eigenvalue weighted by atomic mass is 16.5. The number of aromatic hydroxyl groups is 1. The van der Waals surface area contributed by atoms with Gasteiger partial charge in [0, 0.05) is 23.1 Å². The molecule has 0 saturated heterocycles. The number of methoxy groups -OCH3 is 2. The molecule has 4 N–H and O–H groups in total. The highest BCUT2D eigenvalue weighted by Gasteiger charge is 2.31. The Morgan fingerprint density at radius 3 is 2.44 bits per heavy atom. The lowest BCUT2D eigenvalue weighted by atomic mass is 9.95. The average Bonchev–Trinajstić information content (AvgIpc) is 3.18. The number of aromatic amines is 2. The molecule has 1 unspecified atom stereocenters. The topological polar surface area (TPSA) is 121 Å². The van der Waals surface area contributed by atoms with E-state index >= 15 is 0 Å². The molecule has 3 heterocycles. The van der Waals surface area contributed by atoms with Crippen LogP contribution in [0.1, 0.15) is 22.9 Å². The van der Waals surface area contributed by atoms with Crippen molar-refractivity contribution < 1.29 is 14.6 Å². The predicted octanol–water partition coefficient (Wildman–Crippen LogP) is 1.96. The first-order valence-corrected chi connectivity index (χ1v) is 10.2. The van der Waals surface area contributed by atoms with Gasteiger partial charge in [-0.2, -0.15) is 0 Å². The van der Waals surface area contributed by atoms with Gasteiger partial charge in [-0.25, -0.2) is 9.36 Å². The highest BCUT2D eigenvalue weighted by Crippen LogP contribution is 2.36.